The molecule has 0 heterocycles. The monoisotopic (exact) mass is 221 g/mol. The summed E-state index contributed by atoms with van der Waals surface area (Å²) in [6, 6.07) is 0. The first-order valence-corrected chi connectivity index (χ1v) is 6.49. The third kappa shape index (κ3) is 3.48. The van der Waals surface area contributed by atoms with E-state index in [-0.39, 0.29) is 0 Å². The standard InChI is InChI=1S/C15H27N/c1-11(2)14-9-13(7-8-16(5)6)15(10-14)12(3)4/h9-13H,7-8H2,1-6H3. The van der Waals surface area contributed by atoms with Gasteiger partial charge >= 0.3 is 0 Å². The molecule has 0 aromatic heterocycles. The predicted octanol–water partition coefficient (Wildman–Crippen LogP) is 3.73. The average Bonchev–Trinajstić information content (AvgIpc) is 2.58. The van der Waals surface area contributed by atoms with Gasteiger partial charge in [-0.2, -0.15) is 0 Å². The van der Waals surface area contributed by atoms with Crippen molar-refractivity contribution in [2.24, 2.45) is 17.8 Å². The van der Waals surface area contributed by atoms with Gasteiger partial charge in [0, 0.05) is 5.92 Å². The van der Waals surface area contributed by atoms with E-state index in [2.05, 4.69) is 58.8 Å². The van der Waals surface area contributed by atoms with E-state index in [1.165, 1.54) is 18.5 Å². The molecule has 0 aromatic rings. The van der Waals surface area contributed by atoms with E-state index < -0.39 is 0 Å². The molecule has 1 aliphatic rings. The molecular formula is C15H27N. The summed E-state index contributed by atoms with van der Waals surface area (Å²) < 4.78 is 0. The summed E-state index contributed by atoms with van der Waals surface area (Å²) in [5.41, 5.74) is 3.16. The van der Waals surface area contributed by atoms with Crippen molar-refractivity contribution in [3.8, 4) is 0 Å². The molecule has 0 amide bonds. The van der Waals surface area contributed by atoms with Gasteiger partial charge in [-0.15, -0.1) is 0 Å². The molecule has 1 rings (SSSR count). The average molecular weight is 221 g/mol. The second-order valence-corrected chi connectivity index (χ2v) is 5.82. The van der Waals surface area contributed by atoms with Crippen molar-refractivity contribution in [1.82, 2.24) is 4.90 Å². The van der Waals surface area contributed by atoms with Gasteiger partial charge in [-0.25, -0.2) is 0 Å². The van der Waals surface area contributed by atoms with Crippen molar-refractivity contribution in [3.63, 3.8) is 0 Å². The summed E-state index contributed by atoms with van der Waals surface area (Å²) in [5.74, 6) is 2.03. The SMILES string of the molecule is CC(C)C1=CC(CCN(C)C)C(C(C)C)=C1. The molecule has 92 valence electrons. The fourth-order valence-electron chi connectivity index (χ4n) is 2.28. The van der Waals surface area contributed by atoms with Gasteiger partial charge in [-0.1, -0.05) is 45.4 Å². The Morgan fingerprint density at radius 2 is 1.75 bits per heavy atom. The van der Waals surface area contributed by atoms with Gasteiger partial charge in [0.05, 0.1) is 0 Å². The third-order valence-electron chi connectivity index (χ3n) is 3.38. The molecule has 0 saturated carbocycles. The molecule has 1 aliphatic carbocycles. The lowest BCUT2D eigenvalue weighted by atomic mass is 9.90. The lowest BCUT2D eigenvalue weighted by molar-refractivity contribution is 0.380. The Bertz CT molecular complexity index is 282. The van der Waals surface area contributed by atoms with Crippen molar-refractivity contribution >= 4 is 0 Å². The first kappa shape index (κ1) is 13.5. The molecule has 1 heteroatoms. The smallest absolute Gasteiger partial charge is 0.0000578 e. The number of allylic oxidation sites excluding steroid dienone is 4. The van der Waals surface area contributed by atoms with Crippen LogP contribution in [-0.2, 0) is 0 Å². The molecule has 1 atom stereocenters. The van der Waals surface area contributed by atoms with Gasteiger partial charge < -0.3 is 4.90 Å². The van der Waals surface area contributed by atoms with Gasteiger partial charge in [-0.05, 0) is 44.5 Å². The Labute approximate surface area is 101 Å². The van der Waals surface area contributed by atoms with Crippen LogP contribution in [0, 0.1) is 17.8 Å². The van der Waals surface area contributed by atoms with Crippen LogP contribution in [0.25, 0.3) is 0 Å². The molecule has 0 aliphatic heterocycles. The Morgan fingerprint density at radius 1 is 1.12 bits per heavy atom. The second kappa shape index (κ2) is 5.67. The molecule has 0 aromatic carbocycles. The molecular weight excluding hydrogens is 194 g/mol. The van der Waals surface area contributed by atoms with E-state index in [0.29, 0.717) is 17.8 Å². The largest absolute Gasteiger partial charge is 0.309 e. The molecule has 0 radical (unpaired) electrons. The first-order chi connectivity index (χ1) is 7.41. The highest BCUT2D eigenvalue weighted by Gasteiger charge is 2.22. The van der Waals surface area contributed by atoms with Crippen LogP contribution in [0.4, 0.5) is 0 Å². The summed E-state index contributed by atoms with van der Waals surface area (Å²) >= 11 is 0. The minimum absolute atomic E-state index is 0.665. The zero-order valence-corrected chi connectivity index (χ0v) is 11.7. The van der Waals surface area contributed by atoms with Crippen molar-refractivity contribution in [3.05, 3.63) is 23.3 Å². The van der Waals surface area contributed by atoms with Gasteiger partial charge in [-0.3, -0.25) is 0 Å². The van der Waals surface area contributed by atoms with Gasteiger partial charge in [0.2, 0.25) is 0 Å². The van der Waals surface area contributed by atoms with Crippen LogP contribution in [0.3, 0.4) is 0 Å². The molecule has 16 heavy (non-hydrogen) atoms. The Morgan fingerprint density at radius 3 is 2.19 bits per heavy atom. The number of nitrogens with zero attached hydrogens (tertiary/aromatic N) is 1. The van der Waals surface area contributed by atoms with E-state index in [4.69, 9.17) is 0 Å². The molecule has 0 spiro atoms. The zero-order valence-electron chi connectivity index (χ0n) is 11.7. The fourth-order valence-corrected chi connectivity index (χ4v) is 2.28. The fraction of sp³-hybridized carbons (Fsp3) is 0.733. The minimum atomic E-state index is 0.665. The first-order valence-electron chi connectivity index (χ1n) is 6.49. The molecule has 1 nitrogen and oxygen atoms in total. The van der Waals surface area contributed by atoms with Gasteiger partial charge in [0.15, 0.2) is 0 Å². The van der Waals surface area contributed by atoms with Crippen LogP contribution in [0.5, 0.6) is 0 Å². The lowest BCUT2D eigenvalue weighted by Crippen LogP contribution is -2.17. The summed E-state index contributed by atoms with van der Waals surface area (Å²) in [5, 5.41) is 0. The molecule has 0 saturated heterocycles. The summed E-state index contributed by atoms with van der Waals surface area (Å²) in [6.45, 7) is 10.4. The van der Waals surface area contributed by atoms with Crippen LogP contribution in [0.2, 0.25) is 0 Å². The minimum Gasteiger partial charge on any atom is -0.309 e. The van der Waals surface area contributed by atoms with Crippen LogP contribution in [0.1, 0.15) is 34.1 Å². The topological polar surface area (TPSA) is 3.24 Å². The molecule has 0 N–H and O–H groups in total. The van der Waals surface area contributed by atoms with Crippen molar-refractivity contribution in [1.29, 1.82) is 0 Å². The third-order valence-corrected chi connectivity index (χ3v) is 3.38. The maximum absolute atomic E-state index is 2.49. The number of hydrogen-bond donors (Lipinski definition) is 0. The van der Waals surface area contributed by atoms with Crippen LogP contribution in [0.15, 0.2) is 23.3 Å². The number of rotatable bonds is 5. The second-order valence-electron chi connectivity index (χ2n) is 5.82. The van der Waals surface area contributed by atoms with Gasteiger partial charge in [0.25, 0.3) is 0 Å². The highest BCUT2D eigenvalue weighted by molar-refractivity contribution is 5.37. The zero-order chi connectivity index (χ0) is 12.3. The summed E-state index contributed by atoms with van der Waals surface area (Å²) in [6.07, 6.45) is 6.19. The Balaban J connectivity index is 2.71. The highest BCUT2D eigenvalue weighted by atomic mass is 15.0. The van der Waals surface area contributed by atoms with E-state index >= 15 is 0 Å². The summed E-state index contributed by atoms with van der Waals surface area (Å²) in [7, 11) is 4.31. The Hall–Kier alpha value is -0.560. The highest BCUT2D eigenvalue weighted by Crippen LogP contribution is 2.34. The number of hydrogen-bond acceptors (Lipinski definition) is 1. The molecule has 0 fully saturated rings. The quantitative estimate of drug-likeness (QED) is 0.683. The van der Waals surface area contributed by atoms with Crippen molar-refractivity contribution < 1.29 is 0 Å². The normalized spacial score (nSPS) is 20.9. The van der Waals surface area contributed by atoms with E-state index in [1.54, 1.807) is 5.57 Å². The van der Waals surface area contributed by atoms with E-state index in [9.17, 15) is 0 Å². The van der Waals surface area contributed by atoms with Crippen LogP contribution >= 0.6 is 0 Å². The van der Waals surface area contributed by atoms with Gasteiger partial charge in [0.1, 0.15) is 0 Å². The lowest BCUT2D eigenvalue weighted by Gasteiger charge is -2.19. The van der Waals surface area contributed by atoms with Crippen molar-refractivity contribution in [2.75, 3.05) is 20.6 Å². The Kier molecular flexibility index (Phi) is 4.79. The van der Waals surface area contributed by atoms with Crippen LogP contribution < -0.4 is 0 Å². The maximum Gasteiger partial charge on any atom is 0.0000578 e. The summed E-state index contributed by atoms with van der Waals surface area (Å²) in [4.78, 5) is 2.28. The maximum atomic E-state index is 2.49. The van der Waals surface area contributed by atoms with E-state index in [1.807, 2.05) is 0 Å². The molecule has 1 unspecified atom stereocenters. The predicted molar refractivity (Wildman–Crippen MR) is 72.5 cm³/mol. The van der Waals surface area contributed by atoms with E-state index in [0.717, 1.165) is 0 Å². The van der Waals surface area contributed by atoms with Crippen LogP contribution in [-0.4, -0.2) is 25.5 Å². The van der Waals surface area contributed by atoms with Crippen molar-refractivity contribution in [2.45, 2.75) is 34.1 Å². The molecule has 0 bridgehead atoms.